The number of nitro benzene ring substituents is 1. The highest BCUT2D eigenvalue weighted by atomic mass is 32.1. The number of amides is 1. The topological polar surface area (TPSA) is 105 Å². The van der Waals surface area contributed by atoms with Gasteiger partial charge in [0.05, 0.1) is 12.0 Å². The van der Waals surface area contributed by atoms with Crippen LogP contribution in [0.2, 0.25) is 0 Å². The van der Waals surface area contributed by atoms with Crippen molar-refractivity contribution in [2.75, 3.05) is 12.4 Å². The van der Waals surface area contributed by atoms with Gasteiger partial charge in [0.25, 0.3) is 11.6 Å². The van der Waals surface area contributed by atoms with Crippen LogP contribution in [0.25, 0.3) is 16.5 Å². The molecule has 1 aromatic heterocycles. The molecule has 0 bridgehead atoms. The molecule has 1 amide bonds. The van der Waals surface area contributed by atoms with Gasteiger partial charge in [-0.3, -0.25) is 14.9 Å². The van der Waals surface area contributed by atoms with Crippen LogP contribution in [0.3, 0.4) is 0 Å². The minimum Gasteiger partial charge on any atom is -0.497 e. The summed E-state index contributed by atoms with van der Waals surface area (Å²) in [6, 6.07) is 18.5. The van der Waals surface area contributed by atoms with Crippen LogP contribution in [-0.4, -0.2) is 17.9 Å². The number of nitrogens with one attached hydrogen (secondary N) is 1. The highest BCUT2D eigenvalue weighted by Gasteiger charge is 2.12. The molecular weight excluding hydrogens is 390 g/mol. The van der Waals surface area contributed by atoms with Gasteiger partial charge in [-0.15, -0.1) is 11.3 Å². The monoisotopic (exact) mass is 405 g/mol. The maximum Gasteiger partial charge on any atom is 0.270 e. The molecule has 8 heteroatoms. The zero-order valence-electron chi connectivity index (χ0n) is 15.3. The Labute approximate surface area is 170 Å². The van der Waals surface area contributed by atoms with Gasteiger partial charge >= 0.3 is 0 Å². The largest absolute Gasteiger partial charge is 0.497 e. The lowest BCUT2D eigenvalue weighted by Gasteiger charge is -2.05. The van der Waals surface area contributed by atoms with Crippen LogP contribution in [0.5, 0.6) is 5.75 Å². The first-order valence-corrected chi connectivity index (χ1v) is 9.23. The third kappa shape index (κ3) is 4.86. The number of anilines is 1. The SMILES string of the molecule is COc1ccc(NC(=O)/C(C#N)=C/c2ccc(-c3cccc([N+](=O)[O-])c3)s2)cc1. The lowest BCUT2D eigenvalue weighted by atomic mass is 10.1. The van der Waals surface area contributed by atoms with E-state index in [9.17, 15) is 20.2 Å². The van der Waals surface area contributed by atoms with E-state index in [0.29, 0.717) is 21.9 Å². The van der Waals surface area contributed by atoms with Crippen molar-refractivity contribution in [2.45, 2.75) is 0 Å². The fourth-order valence-electron chi connectivity index (χ4n) is 2.52. The molecule has 0 radical (unpaired) electrons. The van der Waals surface area contributed by atoms with E-state index in [-0.39, 0.29) is 11.3 Å². The second-order valence-corrected chi connectivity index (χ2v) is 6.98. The van der Waals surface area contributed by atoms with E-state index in [2.05, 4.69) is 5.32 Å². The van der Waals surface area contributed by atoms with Crippen LogP contribution >= 0.6 is 11.3 Å². The Hall–Kier alpha value is -3.96. The van der Waals surface area contributed by atoms with Crippen LogP contribution in [0.15, 0.2) is 66.2 Å². The van der Waals surface area contributed by atoms with E-state index in [1.165, 1.54) is 29.5 Å². The van der Waals surface area contributed by atoms with E-state index in [1.54, 1.807) is 55.6 Å². The number of rotatable bonds is 6. The number of hydrogen-bond acceptors (Lipinski definition) is 6. The van der Waals surface area contributed by atoms with Crippen LogP contribution in [0, 0.1) is 21.4 Å². The molecule has 1 heterocycles. The van der Waals surface area contributed by atoms with Crippen molar-refractivity contribution in [3.8, 4) is 22.3 Å². The number of non-ortho nitro benzene ring substituents is 1. The zero-order chi connectivity index (χ0) is 20.8. The Balaban J connectivity index is 1.79. The van der Waals surface area contributed by atoms with Gasteiger partial charge in [-0.05, 0) is 48.0 Å². The molecule has 7 nitrogen and oxygen atoms in total. The van der Waals surface area contributed by atoms with E-state index >= 15 is 0 Å². The molecule has 2 aromatic carbocycles. The van der Waals surface area contributed by atoms with Gasteiger partial charge in [-0.1, -0.05) is 12.1 Å². The van der Waals surface area contributed by atoms with Gasteiger partial charge in [0.15, 0.2) is 0 Å². The highest BCUT2D eigenvalue weighted by Crippen LogP contribution is 2.31. The van der Waals surface area contributed by atoms with Crippen LogP contribution < -0.4 is 10.1 Å². The van der Waals surface area contributed by atoms with E-state index in [4.69, 9.17) is 4.74 Å². The average molecular weight is 405 g/mol. The molecule has 0 saturated heterocycles. The molecule has 0 spiro atoms. The van der Waals surface area contributed by atoms with Crippen molar-refractivity contribution >= 4 is 34.7 Å². The smallest absolute Gasteiger partial charge is 0.270 e. The number of carbonyl (C=O) groups is 1. The molecule has 144 valence electrons. The summed E-state index contributed by atoms with van der Waals surface area (Å²) in [5.41, 5.74) is 1.20. The normalized spacial score (nSPS) is 10.8. The van der Waals surface area contributed by atoms with Crippen LogP contribution in [0.4, 0.5) is 11.4 Å². The predicted molar refractivity (Wildman–Crippen MR) is 112 cm³/mol. The third-order valence-corrected chi connectivity index (χ3v) is 5.05. The first kappa shape index (κ1) is 19.8. The molecule has 0 aliphatic heterocycles. The molecule has 0 aliphatic carbocycles. The second kappa shape index (κ2) is 8.82. The van der Waals surface area contributed by atoms with Crippen molar-refractivity contribution in [3.05, 3.63) is 81.2 Å². The number of methoxy groups -OCH3 is 1. The number of nitro groups is 1. The summed E-state index contributed by atoms with van der Waals surface area (Å²) in [7, 11) is 1.55. The van der Waals surface area contributed by atoms with Crippen molar-refractivity contribution in [3.63, 3.8) is 0 Å². The predicted octanol–water partition coefficient (Wildman–Crippen LogP) is 4.88. The third-order valence-electron chi connectivity index (χ3n) is 3.97. The lowest BCUT2D eigenvalue weighted by molar-refractivity contribution is -0.384. The Morgan fingerprint density at radius 3 is 2.62 bits per heavy atom. The summed E-state index contributed by atoms with van der Waals surface area (Å²) in [5, 5.41) is 23.0. The first-order valence-electron chi connectivity index (χ1n) is 8.42. The summed E-state index contributed by atoms with van der Waals surface area (Å²) < 4.78 is 5.07. The standard InChI is InChI=1S/C21H15N3O4S/c1-28-18-7-5-16(6-8-18)23-21(25)15(13-22)12-19-9-10-20(29-19)14-3-2-4-17(11-14)24(26)27/h2-12H,1H3,(H,23,25)/b15-12+. The summed E-state index contributed by atoms with van der Waals surface area (Å²) >= 11 is 1.33. The number of hydrogen-bond donors (Lipinski definition) is 1. The van der Waals surface area contributed by atoms with E-state index in [1.807, 2.05) is 6.07 Å². The summed E-state index contributed by atoms with van der Waals surface area (Å²) in [6.07, 6.45) is 1.49. The Bertz CT molecular complexity index is 1130. The summed E-state index contributed by atoms with van der Waals surface area (Å²) in [6.45, 7) is 0. The number of ether oxygens (including phenoxy) is 1. The van der Waals surface area contributed by atoms with E-state index < -0.39 is 10.8 Å². The van der Waals surface area contributed by atoms with Crippen molar-refractivity contribution in [1.29, 1.82) is 5.26 Å². The number of carbonyl (C=O) groups excluding carboxylic acids is 1. The molecule has 0 fully saturated rings. The molecule has 1 N–H and O–H groups in total. The highest BCUT2D eigenvalue weighted by molar-refractivity contribution is 7.16. The molecule has 0 aliphatic rings. The molecule has 0 unspecified atom stereocenters. The fraction of sp³-hybridized carbons (Fsp3) is 0.0476. The number of thiophene rings is 1. The van der Waals surface area contributed by atoms with Crippen LogP contribution in [0.1, 0.15) is 4.88 Å². The second-order valence-electron chi connectivity index (χ2n) is 5.86. The number of benzene rings is 2. The number of nitrogens with zero attached hydrogens (tertiary/aromatic N) is 2. The molecule has 3 aromatic rings. The zero-order valence-corrected chi connectivity index (χ0v) is 16.1. The van der Waals surface area contributed by atoms with Gasteiger partial charge in [0.1, 0.15) is 17.4 Å². The fourth-order valence-corrected chi connectivity index (χ4v) is 3.47. The Kier molecular flexibility index (Phi) is 6.02. The van der Waals surface area contributed by atoms with Gasteiger partial charge in [-0.2, -0.15) is 5.26 Å². The molecule has 3 rings (SSSR count). The van der Waals surface area contributed by atoms with Gasteiger partial charge < -0.3 is 10.1 Å². The molecule has 0 saturated carbocycles. The van der Waals surface area contributed by atoms with Gasteiger partial charge in [0, 0.05) is 27.6 Å². The van der Waals surface area contributed by atoms with E-state index in [0.717, 1.165) is 4.88 Å². The minimum atomic E-state index is -0.525. The van der Waals surface area contributed by atoms with Crippen molar-refractivity contribution < 1.29 is 14.5 Å². The molecule has 29 heavy (non-hydrogen) atoms. The Morgan fingerprint density at radius 1 is 1.21 bits per heavy atom. The van der Waals surface area contributed by atoms with Crippen LogP contribution in [-0.2, 0) is 4.79 Å². The average Bonchev–Trinajstić information content (AvgIpc) is 3.21. The molecular formula is C21H15N3O4S. The number of nitriles is 1. The molecule has 0 atom stereocenters. The van der Waals surface area contributed by atoms with Crippen molar-refractivity contribution in [2.24, 2.45) is 0 Å². The lowest BCUT2D eigenvalue weighted by Crippen LogP contribution is -2.13. The van der Waals surface area contributed by atoms with Gasteiger partial charge in [0.2, 0.25) is 0 Å². The summed E-state index contributed by atoms with van der Waals surface area (Å²) in [4.78, 5) is 24.4. The Morgan fingerprint density at radius 2 is 1.97 bits per heavy atom. The summed E-state index contributed by atoms with van der Waals surface area (Å²) in [5.74, 6) is 0.134. The minimum absolute atomic E-state index is 0.00424. The van der Waals surface area contributed by atoms with Crippen molar-refractivity contribution in [1.82, 2.24) is 0 Å². The first-order chi connectivity index (χ1) is 14.0. The maximum absolute atomic E-state index is 12.4. The quantitative estimate of drug-likeness (QED) is 0.272. The maximum atomic E-state index is 12.4. The van der Waals surface area contributed by atoms with Gasteiger partial charge in [-0.25, -0.2) is 0 Å².